The highest BCUT2D eigenvalue weighted by atomic mass is 16.3. The van der Waals surface area contributed by atoms with E-state index in [4.69, 9.17) is 26.5 Å². The van der Waals surface area contributed by atoms with Gasteiger partial charge in [0.1, 0.15) is 22.3 Å². The van der Waals surface area contributed by atoms with Crippen molar-refractivity contribution >= 4 is 43.9 Å². The van der Waals surface area contributed by atoms with E-state index in [9.17, 15) is 5.48 Å². The number of nitrogens with zero attached hydrogens (tertiary/aromatic N) is 3. The number of benzene rings is 8. The van der Waals surface area contributed by atoms with Crippen molar-refractivity contribution in [1.82, 2.24) is 15.0 Å². The minimum atomic E-state index is -0.437. The molecule has 0 aliphatic heterocycles. The van der Waals surface area contributed by atoms with E-state index in [2.05, 4.69) is 0 Å². The maximum atomic E-state index is 9.76. The molecule has 0 unspecified atom stereocenters. The lowest BCUT2D eigenvalue weighted by Crippen LogP contribution is -2.00. The summed E-state index contributed by atoms with van der Waals surface area (Å²) in [6, 6.07) is 46.4. The summed E-state index contributed by atoms with van der Waals surface area (Å²) < 4.78 is 69.2. The minimum Gasteiger partial charge on any atom is -0.456 e. The van der Waals surface area contributed by atoms with Crippen LogP contribution in [0, 0.1) is 0 Å². The van der Waals surface area contributed by atoms with Crippen LogP contribution in [0.1, 0.15) is 8.22 Å². The molecular weight excluding hydrogens is 687 g/mol. The average Bonchev–Trinajstić information content (AvgIpc) is 3.91. The Labute approximate surface area is 330 Å². The summed E-state index contributed by atoms with van der Waals surface area (Å²) in [4.78, 5) is 14.7. The third kappa shape index (κ3) is 5.45. The molecule has 0 N–H and O–H groups in total. The Morgan fingerprint density at radius 1 is 0.357 bits per heavy atom. The molecule has 0 bridgehead atoms. The lowest BCUT2D eigenvalue weighted by Gasteiger charge is -2.10. The molecule has 11 rings (SSSR count). The summed E-state index contributed by atoms with van der Waals surface area (Å²) >= 11 is 0. The number of hydrogen-bond donors (Lipinski definition) is 0. The maximum absolute atomic E-state index is 9.76. The van der Waals surface area contributed by atoms with Gasteiger partial charge in [0.15, 0.2) is 17.5 Å². The third-order valence-corrected chi connectivity index (χ3v) is 10.1. The molecule has 5 heteroatoms. The molecule has 0 saturated heterocycles. The van der Waals surface area contributed by atoms with Gasteiger partial charge in [0.25, 0.3) is 0 Å². The van der Waals surface area contributed by atoms with Crippen LogP contribution >= 0.6 is 0 Å². The second-order valence-electron chi connectivity index (χ2n) is 13.5. The first-order chi connectivity index (χ1) is 30.2. The highest BCUT2D eigenvalue weighted by Gasteiger charge is 2.20. The second-order valence-corrected chi connectivity index (χ2v) is 13.5. The molecule has 3 aromatic heterocycles. The van der Waals surface area contributed by atoms with E-state index in [1.165, 1.54) is 0 Å². The topological polar surface area (TPSA) is 65.0 Å². The van der Waals surface area contributed by atoms with Crippen LogP contribution in [0.5, 0.6) is 0 Å². The van der Waals surface area contributed by atoms with Crippen molar-refractivity contribution in [2.45, 2.75) is 0 Å². The molecule has 0 fully saturated rings. The van der Waals surface area contributed by atoms with Crippen molar-refractivity contribution < 1.29 is 17.1 Å². The van der Waals surface area contributed by atoms with Gasteiger partial charge in [-0.1, -0.05) is 152 Å². The van der Waals surface area contributed by atoms with Crippen molar-refractivity contribution in [3.8, 4) is 67.5 Å². The van der Waals surface area contributed by atoms with Gasteiger partial charge >= 0.3 is 0 Å². The zero-order valence-electron chi connectivity index (χ0n) is 35.6. The van der Waals surface area contributed by atoms with Crippen molar-refractivity contribution in [2.24, 2.45) is 0 Å². The number of rotatable bonds is 6. The maximum Gasteiger partial charge on any atom is 0.164 e. The minimum absolute atomic E-state index is 0.0239. The van der Waals surface area contributed by atoms with Gasteiger partial charge < -0.3 is 8.83 Å². The highest BCUT2D eigenvalue weighted by molar-refractivity contribution is 6.16. The Morgan fingerprint density at radius 2 is 0.911 bits per heavy atom. The van der Waals surface area contributed by atoms with Gasteiger partial charge in [0, 0.05) is 38.2 Å². The zero-order chi connectivity index (χ0) is 42.2. The van der Waals surface area contributed by atoms with E-state index >= 15 is 0 Å². The molecule has 0 saturated carbocycles. The van der Waals surface area contributed by atoms with E-state index in [0.29, 0.717) is 44.9 Å². The van der Waals surface area contributed by atoms with Crippen LogP contribution in [-0.2, 0) is 0 Å². The van der Waals surface area contributed by atoms with Crippen molar-refractivity contribution in [3.05, 3.63) is 188 Å². The Hall–Kier alpha value is -7.63. The normalized spacial score (nSPS) is 13.1. The zero-order valence-corrected chi connectivity index (χ0v) is 29.6. The van der Waals surface area contributed by atoms with Crippen molar-refractivity contribution in [3.63, 3.8) is 0 Å². The Balaban J connectivity index is 1.18. The van der Waals surface area contributed by atoms with Gasteiger partial charge in [-0.05, 0) is 69.7 Å². The molecular formula is C51H31N3O2. The summed E-state index contributed by atoms with van der Waals surface area (Å²) in [7, 11) is 0. The SMILES string of the molecule is [2H]c1c([2H])c(-c2nc(-c3ccccc3)nc(-c3ccc(-c4ccccc4)cc3)n2)c2c(oc3c([2H])c(-c4cc(-c5ccccc5)cc5oc6ccccc6c45)c([2H])c([2H])c32)c1[2H]. The van der Waals surface area contributed by atoms with Crippen LogP contribution in [0.3, 0.4) is 0 Å². The first kappa shape index (κ1) is 26.2. The van der Waals surface area contributed by atoms with Gasteiger partial charge in [-0.2, -0.15) is 0 Å². The molecule has 0 aliphatic carbocycles. The standard InChI is InChI=1S/C51H31N3O2/c1-4-13-32(14-5-1)34-23-25-36(26-24-34)50-52-49(35-17-8-3-9-18-35)53-51(54-50)41-20-12-22-44-47(41)40-28-27-37(30-45(40)56-44)42-29-38(33-15-6-2-7-16-33)31-46-48(42)39-19-10-11-21-43(39)55-46/h1-31H/i12D,20D,22D,27D,28D,30D. The van der Waals surface area contributed by atoms with Gasteiger partial charge in [-0.15, -0.1) is 0 Å². The molecule has 0 atom stereocenters. The molecule has 5 nitrogen and oxygen atoms in total. The Morgan fingerprint density at radius 3 is 1.64 bits per heavy atom. The first-order valence-electron chi connectivity index (χ1n) is 21.2. The van der Waals surface area contributed by atoms with Crippen LogP contribution < -0.4 is 0 Å². The van der Waals surface area contributed by atoms with Gasteiger partial charge in [-0.25, -0.2) is 15.0 Å². The molecule has 262 valence electrons. The van der Waals surface area contributed by atoms with Crippen LogP contribution in [-0.4, -0.2) is 15.0 Å². The quantitative estimate of drug-likeness (QED) is 0.171. The Bertz CT molecular complexity index is 3580. The number of furan rings is 2. The largest absolute Gasteiger partial charge is 0.456 e. The van der Waals surface area contributed by atoms with Gasteiger partial charge in [0.05, 0.1) is 8.22 Å². The van der Waals surface area contributed by atoms with E-state index in [1.54, 1.807) is 0 Å². The summed E-state index contributed by atoms with van der Waals surface area (Å²) in [6.45, 7) is 0. The summed E-state index contributed by atoms with van der Waals surface area (Å²) in [6.07, 6.45) is 0. The van der Waals surface area contributed by atoms with Crippen LogP contribution in [0.15, 0.2) is 197 Å². The molecule has 8 aromatic carbocycles. The predicted molar refractivity (Wildman–Crippen MR) is 227 cm³/mol. The molecule has 56 heavy (non-hydrogen) atoms. The van der Waals surface area contributed by atoms with Crippen LogP contribution in [0.2, 0.25) is 0 Å². The molecule has 0 amide bonds. The molecule has 3 heterocycles. The fraction of sp³-hybridized carbons (Fsp3) is 0. The number of hydrogen-bond acceptors (Lipinski definition) is 5. The number of aromatic nitrogens is 3. The Kier molecular flexibility index (Phi) is 6.10. The summed E-state index contributed by atoms with van der Waals surface area (Å²) in [5.74, 6) is 0.640. The van der Waals surface area contributed by atoms with Gasteiger partial charge in [0.2, 0.25) is 0 Å². The fourth-order valence-corrected chi connectivity index (χ4v) is 7.37. The molecule has 0 spiro atoms. The van der Waals surface area contributed by atoms with Crippen LogP contribution in [0.4, 0.5) is 0 Å². The second kappa shape index (κ2) is 13.0. The number of fused-ring (bicyclic) bond motifs is 6. The molecule has 0 radical (unpaired) electrons. The fourth-order valence-electron chi connectivity index (χ4n) is 7.37. The van der Waals surface area contributed by atoms with E-state index in [-0.39, 0.29) is 69.1 Å². The van der Waals surface area contributed by atoms with Crippen molar-refractivity contribution in [1.29, 1.82) is 0 Å². The third-order valence-electron chi connectivity index (χ3n) is 10.1. The first-order valence-corrected chi connectivity index (χ1v) is 18.2. The van der Waals surface area contributed by atoms with E-state index < -0.39 is 6.04 Å². The lowest BCUT2D eigenvalue weighted by molar-refractivity contribution is 0.668. The van der Waals surface area contributed by atoms with E-state index in [0.717, 1.165) is 27.6 Å². The van der Waals surface area contributed by atoms with Crippen LogP contribution in [0.25, 0.3) is 111 Å². The lowest BCUT2D eigenvalue weighted by atomic mass is 9.94. The number of para-hydroxylation sites is 1. The van der Waals surface area contributed by atoms with E-state index in [1.807, 2.05) is 152 Å². The highest BCUT2D eigenvalue weighted by Crippen LogP contribution is 2.43. The monoisotopic (exact) mass is 723 g/mol. The average molecular weight is 724 g/mol. The summed E-state index contributed by atoms with van der Waals surface area (Å²) in [5, 5.41) is 1.63. The van der Waals surface area contributed by atoms with Gasteiger partial charge in [-0.3, -0.25) is 0 Å². The predicted octanol–water partition coefficient (Wildman–Crippen LogP) is 13.7. The smallest absolute Gasteiger partial charge is 0.164 e. The summed E-state index contributed by atoms with van der Waals surface area (Å²) in [5.41, 5.74) is 6.84. The molecule has 11 aromatic rings. The molecule has 0 aliphatic rings. The van der Waals surface area contributed by atoms with Crippen molar-refractivity contribution in [2.75, 3.05) is 0 Å².